The first kappa shape index (κ1) is 13.2. The summed E-state index contributed by atoms with van der Waals surface area (Å²) in [4.78, 5) is 12.1. The third-order valence-electron chi connectivity index (χ3n) is 5.07. The van der Waals surface area contributed by atoms with Crippen LogP contribution in [0.25, 0.3) is 0 Å². The number of rotatable bonds is 4. The minimum absolute atomic E-state index is 0.133. The van der Waals surface area contributed by atoms with Crippen LogP contribution in [-0.4, -0.2) is 31.7 Å². The molecule has 0 aromatic carbocycles. The maximum Gasteiger partial charge on any atom is 0.404 e. The van der Waals surface area contributed by atoms with E-state index < -0.39 is 17.5 Å². The number of hydrogen-bond acceptors (Lipinski definition) is 2. The molecule has 19 heavy (non-hydrogen) atoms. The molecule has 6 heteroatoms. The summed E-state index contributed by atoms with van der Waals surface area (Å²) in [6, 6.07) is 0. The van der Waals surface area contributed by atoms with E-state index in [1.807, 2.05) is 0 Å². The predicted molar refractivity (Wildman–Crippen MR) is 63.4 cm³/mol. The summed E-state index contributed by atoms with van der Waals surface area (Å²) in [6.45, 7) is 0.383. The molecule has 1 atom stereocenters. The van der Waals surface area contributed by atoms with E-state index in [2.05, 4.69) is 10.6 Å². The summed E-state index contributed by atoms with van der Waals surface area (Å²) in [5, 5.41) is 5.26. The fourth-order valence-corrected chi connectivity index (χ4v) is 3.27. The largest absolute Gasteiger partial charge is 0.404 e. The highest BCUT2D eigenvalue weighted by Gasteiger charge is 2.62. The first-order chi connectivity index (χ1) is 8.90. The van der Waals surface area contributed by atoms with Crippen molar-refractivity contribution in [2.45, 2.75) is 38.3 Å². The van der Waals surface area contributed by atoms with Gasteiger partial charge in [0.25, 0.3) is 0 Å². The van der Waals surface area contributed by atoms with Crippen molar-refractivity contribution >= 4 is 5.91 Å². The third kappa shape index (κ3) is 2.14. The SMILES string of the molecule is O=C(NCC1(C2CC2)CC1)C1(C(F)(F)F)CCNC1. The van der Waals surface area contributed by atoms with Gasteiger partial charge in [-0.3, -0.25) is 4.79 Å². The maximum absolute atomic E-state index is 13.2. The molecule has 2 aliphatic carbocycles. The number of hydrogen-bond donors (Lipinski definition) is 2. The highest BCUT2D eigenvalue weighted by atomic mass is 19.4. The number of nitrogens with one attached hydrogen (secondary N) is 2. The number of carbonyl (C=O) groups excluding carboxylic acids is 1. The van der Waals surface area contributed by atoms with Crippen LogP contribution >= 0.6 is 0 Å². The van der Waals surface area contributed by atoms with E-state index in [0.717, 1.165) is 12.8 Å². The molecule has 1 amide bonds. The zero-order valence-electron chi connectivity index (χ0n) is 10.8. The van der Waals surface area contributed by atoms with Crippen LogP contribution in [0, 0.1) is 16.7 Å². The summed E-state index contributed by atoms with van der Waals surface area (Å²) >= 11 is 0. The summed E-state index contributed by atoms with van der Waals surface area (Å²) in [5.74, 6) is -0.201. The van der Waals surface area contributed by atoms with E-state index in [4.69, 9.17) is 0 Å². The number of alkyl halides is 3. The molecule has 0 radical (unpaired) electrons. The zero-order chi connectivity index (χ0) is 13.7. The van der Waals surface area contributed by atoms with Gasteiger partial charge in [-0.1, -0.05) is 0 Å². The second-order valence-electron chi connectivity index (χ2n) is 6.33. The van der Waals surface area contributed by atoms with E-state index in [9.17, 15) is 18.0 Å². The lowest BCUT2D eigenvalue weighted by atomic mass is 9.85. The second kappa shape index (κ2) is 4.11. The van der Waals surface area contributed by atoms with Gasteiger partial charge in [0.2, 0.25) is 5.91 Å². The van der Waals surface area contributed by atoms with Gasteiger partial charge >= 0.3 is 6.18 Å². The standard InChI is InChI=1S/C13H19F3N2O/c14-13(15,16)12(5-6-17-8-12)10(19)18-7-11(3-4-11)9-1-2-9/h9,17H,1-8H2,(H,18,19). The molecule has 3 fully saturated rings. The minimum Gasteiger partial charge on any atom is -0.355 e. The Morgan fingerprint density at radius 3 is 2.37 bits per heavy atom. The molecule has 1 unspecified atom stereocenters. The topological polar surface area (TPSA) is 41.1 Å². The smallest absolute Gasteiger partial charge is 0.355 e. The van der Waals surface area contributed by atoms with Gasteiger partial charge < -0.3 is 10.6 Å². The Kier molecular flexibility index (Phi) is 2.86. The maximum atomic E-state index is 13.2. The van der Waals surface area contributed by atoms with Crippen molar-refractivity contribution in [3.05, 3.63) is 0 Å². The normalized spacial score (nSPS) is 33.2. The average molecular weight is 276 g/mol. The molecule has 1 aliphatic heterocycles. The fourth-order valence-electron chi connectivity index (χ4n) is 3.27. The molecule has 1 saturated heterocycles. The van der Waals surface area contributed by atoms with E-state index in [1.54, 1.807) is 0 Å². The molecule has 0 bridgehead atoms. The third-order valence-corrected chi connectivity index (χ3v) is 5.07. The van der Waals surface area contributed by atoms with Crippen molar-refractivity contribution in [1.29, 1.82) is 0 Å². The van der Waals surface area contributed by atoms with Gasteiger partial charge in [0.1, 0.15) is 0 Å². The van der Waals surface area contributed by atoms with Gasteiger partial charge in [0, 0.05) is 13.1 Å². The van der Waals surface area contributed by atoms with Crippen LogP contribution in [-0.2, 0) is 4.79 Å². The van der Waals surface area contributed by atoms with Gasteiger partial charge in [-0.2, -0.15) is 13.2 Å². The van der Waals surface area contributed by atoms with E-state index in [-0.39, 0.29) is 24.9 Å². The molecule has 2 N–H and O–H groups in total. The Labute approximate surface area is 110 Å². The van der Waals surface area contributed by atoms with Crippen LogP contribution in [0.2, 0.25) is 0 Å². The quantitative estimate of drug-likeness (QED) is 0.822. The van der Waals surface area contributed by atoms with Crippen LogP contribution < -0.4 is 10.6 Å². The van der Waals surface area contributed by atoms with E-state index >= 15 is 0 Å². The van der Waals surface area contributed by atoms with Crippen LogP contribution in [0.1, 0.15) is 32.1 Å². The lowest BCUT2D eigenvalue weighted by Gasteiger charge is -2.30. The number of carbonyl (C=O) groups is 1. The summed E-state index contributed by atoms with van der Waals surface area (Å²) < 4.78 is 39.5. The number of halogens is 3. The summed E-state index contributed by atoms with van der Waals surface area (Å²) in [6.07, 6.45) is -0.191. The van der Waals surface area contributed by atoms with Crippen molar-refractivity contribution in [2.24, 2.45) is 16.7 Å². The molecule has 3 rings (SSSR count). The Morgan fingerprint density at radius 2 is 1.95 bits per heavy atom. The van der Waals surface area contributed by atoms with Crippen LogP contribution in [0.15, 0.2) is 0 Å². The van der Waals surface area contributed by atoms with Crippen molar-refractivity contribution in [2.75, 3.05) is 19.6 Å². The van der Waals surface area contributed by atoms with Crippen LogP contribution in [0.3, 0.4) is 0 Å². The molecule has 0 spiro atoms. The molecule has 3 aliphatic rings. The minimum atomic E-state index is -4.48. The molecule has 3 nitrogen and oxygen atoms in total. The van der Waals surface area contributed by atoms with E-state index in [0.29, 0.717) is 12.5 Å². The zero-order valence-corrected chi connectivity index (χ0v) is 10.8. The van der Waals surface area contributed by atoms with Gasteiger partial charge in [-0.25, -0.2) is 0 Å². The van der Waals surface area contributed by atoms with Crippen molar-refractivity contribution in [1.82, 2.24) is 10.6 Å². The fraction of sp³-hybridized carbons (Fsp3) is 0.923. The van der Waals surface area contributed by atoms with Crippen LogP contribution in [0.5, 0.6) is 0 Å². The second-order valence-corrected chi connectivity index (χ2v) is 6.33. The van der Waals surface area contributed by atoms with Gasteiger partial charge in [-0.05, 0) is 50.0 Å². The first-order valence-electron chi connectivity index (χ1n) is 6.95. The monoisotopic (exact) mass is 276 g/mol. The molecule has 2 saturated carbocycles. The molecule has 0 aromatic rings. The molecule has 108 valence electrons. The Hall–Kier alpha value is -0.780. The van der Waals surface area contributed by atoms with Crippen molar-refractivity contribution in [3.63, 3.8) is 0 Å². The lowest BCUT2D eigenvalue weighted by Crippen LogP contribution is -2.53. The first-order valence-corrected chi connectivity index (χ1v) is 6.95. The lowest BCUT2D eigenvalue weighted by molar-refractivity contribution is -0.216. The molecule has 1 heterocycles. The van der Waals surface area contributed by atoms with Crippen molar-refractivity contribution < 1.29 is 18.0 Å². The predicted octanol–water partition coefficient (Wildman–Crippen LogP) is 1.83. The Morgan fingerprint density at radius 1 is 1.26 bits per heavy atom. The highest BCUT2D eigenvalue weighted by Crippen LogP contribution is 2.61. The van der Waals surface area contributed by atoms with Gasteiger partial charge in [0.05, 0.1) is 0 Å². The van der Waals surface area contributed by atoms with Crippen LogP contribution in [0.4, 0.5) is 13.2 Å². The summed E-state index contributed by atoms with van der Waals surface area (Å²) in [7, 11) is 0. The van der Waals surface area contributed by atoms with Gasteiger partial charge in [-0.15, -0.1) is 0 Å². The number of amides is 1. The molecular formula is C13H19F3N2O. The Bertz CT molecular complexity index is 380. The van der Waals surface area contributed by atoms with E-state index in [1.165, 1.54) is 12.8 Å². The molecule has 0 aromatic heterocycles. The highest BCUT2D eigenvalue weighted by molar-refractivity contribution is 5.84. The van der Waals surface area contributed by atoms with Gasteiger partial charge in [0.15, 0.2) is 5.41 Å². The molecular weight excluding hydrogens is 257 g/mol. The Balaban J connectivity index is 1.65. The average Bonchev–Trinajstić information content (AvgIpc) is 3.23. The van der Waals surface area contributed by atoms with Crippen molar-refractivity contribution in [3.8, 4) is 0 Å². The summed E-state index contributed by atoms with van der Waals surface area (Å²) in [5.41, 5.74) is -2.08.